The van der Waals surface area contributed by atoms with Crippen molar-refractivity contribution in [2.45, 2.75) is 33.2 Å². The zero-order valence-corrected chi connectivity index (χ0v) is 19.0. The Morgan fingerprint density at radius 1 is 1.16 bits per heavy atom. The molecule has 9 nitrogen and oxygen atoms in total. The van der Waals surface area contributed by atoms with Gasteiger partial charge in [-0.2, -0.15) is 4.98 Å². The number of aromatic nitrogens is 5. The minimum atomic E-state index is -0.164. The van der Waals surface area contributed by atoms with Crippen molar-refractivity contribution in [2.24, 2.45) is 0 Å². The molecule has 0 spiro atoms. The number of fused-ring (bicyclic) bond motifs is 3. The normalized spacial score (nSPS) is 11.7. The number of aryl methyl sites for hydroxylation is 2. The first-order valence-corrected chi connectivity index (χ1v) is 10.6. The Hall–Kier alpha value is -2.98. The lowest BCUT2D eigenvalue weighted by molar-refractivity contribution is 0.170. The average molecular weight is 446 g/mol. The van der Waals surface area contributed by atoms with Gasteiger partial charge in [0.1, 0.15) is 0 Å². The number of rotatable bonds is 7. The molecular weight excluding hydrogens is 418 g/mol. The van der Waals surface area contributed by atoms with Crippen molar-refractivity contribution in [3.8, 4) is 34.4 Å². The third-order valence-electron chi connectivity index (χ3n) is 4.73. The summed E-state index contributed by atoms with van der Waals surface area (Å²) in [7, 11) is 3.21. The molecule has 0 aliphatic carbocycles. The van der Waals surface area contributed by atoms with E-state index in [-0.39, 0.29) is 5.43 Å². The lowest BCUT2D eigenvalue weighted by atomic mass is 10.0. The van der Waals surface area contributed by atoms with Gasteiger partial charge in [-0.1, -0.05) is 13.8 Å². The van der Waals surface area contributed by atoms with E-state index in [1.54, 1.807) is 26.5 Å². The van der Waals surface area contributed by atoms with Crippen LogP contribution in [0.25, 0.3) is 22.8 Å². The van der Waals surface area contributed by atoms with Crippen molar-refractivity contribution >= 4 is 12.2 Å². The zero-order valence-electron chi connectivity index (χ0n) is 18.2. The number of pyridine rings is 2. The van der Waals surface area contributed by atoms with Gasteiger partial charge in [0, 0.05) is 38.9 Å². The number of methoxy groups -OCH3 is 2. The number of hydrogen-bond acceptors (Lipinski definition) is 7. The third kappa shape index (κ3) is 4.86. The molecule has 0 saturated heterocycles. The van der Waals surface area contributed by atoms with Crippen molar-refractivity contribution < 1.29 is 14.2 Å². The van der Waals surface area contributed by atoms with Crippen molar-refractivity contribution in [3.63, 3.8) is 0 Å². The first kappa shape index (κ1) is 22.7. The van der Waals surface area contributed by atoms with Crippen molar-refractivity contribution in [1.29, 1.82) is 0 Å². The van der Waals surface area contributed by atoms with E-state index in [0.717, 1.165) is 29.8 Å². The summed E-state index contributed by atoms with van der Waals surface area (Å²) in [5.41, 5.74) is 2.75. The second-order valence-electron chi connectivity index (χ2n) is 6.59. The van der Waals surface area contributed by atoms with Gasteiger partial charge in [0.25, 0.3) is 5.88 Å². The minimum absolute atomic E-state index is 0.164. The molecule has 166 valence electrons. The largest absolute Gasteiger partial charge is 0.488 e. The van der Waals surface area contributed by atoms with E-state index in [9.17, 15) is 4.79 Å². The third-order valence-corrected chi connectivity index (χ3v) is 4.92. The Bertz CT molecular complexity index is 1150. The SMILES string of the molecule is CC.COCCCOc1cc2c(nc1OC)-c1cc(=O)c(-c3nc(=S)[nH][nH]3)cn1CC2. The van der Waals surface area contributed by atoms with Crippen LogP contribution >= 0.6 is 12.2 Å². The molecule has 1 aliphatic heterocycles. The topological polar surface area (TPSA) is 107 Å². The van der Waals surface area contributed by atoms with Gasteiger partial charge < -0.3 is 18.8 Å². The van der Waals surface area contributed by atoms with E-state index in [4.69, 9.17) is 26.4 Å². The summed E-state index contributed by atoms with van der Waals surface area (Å²) in [5.74, 6) is 1.41. The molecule has 10 heteroatoms. The zero-order chi connectivity index (χ0) is 22.4. The van der Waals surface area contributed by atoms with Crippen LogP contribution in [0.5, 0.6) is 11.6 Å². The molecule has 0 aromatic carbocycles. The summed E-state index contributed by atoms with van der Waals surface area (Å²) in [6, 6.07) is 3.52. The first-order valence-electron chi connectivity index (χ1n) is 10.2. The Morgan fingerprint density at radius 2 is 1.97 bits per heavy atom. The van der Waals surface area contributed by atoms with Gasteiger partial charge in [0.15, 0.2) is 17.0 Å². The molecule has 3 aromatic rings. The molecule has 0 saturated carbocycles. The maximum atomic E-state index is 12.7. The monoisotopic (exact) mass is 445 g/mol. The maximum Gasteiger partial charge on any atom is 0.257 e. The smallest absolute Gasteiger partial charge is 0.257 e. The number of aromatic amines is 2. The van der Waals surface area contributed by atoms with E-state index >= 15 is 0 Å². The van der Waals surface area contributed by atoms with Crippen LogP contribution in [0.4, 0.5) is 0 Å². The highest BCUT2D eigenvalue weighted by Crippen LogP contribution is 2.35. The molecule has 31 heavy (non-hydrogen) atoms. The summed E-state index contributed by atoms with van der Waals surface area (Å²) >= 11 is 4.98. The summed E-state index contributed by atoms with van der Waals surface area (Å²) < 4.78 is 18.6. The van der Waals surface area contributed by atoms with Crippen molar-refractivity contribution in [2.75, 3.05) is 27.4 Å². The summed E-state index contributed by atoms with van der Waals surface area (Å²) in [4.78, 5) is 21.5. The van der Waals surface area contributed by atoms with E-state index < -0.39 is 0 Å². The van der Waals surface area contributed by atoms with Crippen LogP contribution < -0.4 is 14.9 Å². The summed E-state index contributed by atoms with van der Waals surface area (Å²) in [6.45, 7) is 5.84. The maximum absolute atomic E-state index is 12.7. The number of hydrogen-bond donors (Lipinski definition) is 2. The van der Waals surface area contributed by atoms with Crippen LogP contribution in [0.15, 0.2) is 23.1 Å². The fourth-order valence-corrected chi connectivity index (χ4v) is 3.49. The van der Waals surface area contributed by atoms with Crippen LogP contribution in [0.1, 0.15) is 25.8 Å². The standard InChI is InChI=1S/C19H21N5O4S.C2H6/c1-26-6-3-7-28-15-8-11-4-5-24-10-12(17-21-19(29)23-22-17)14(25)9-13(24)16(11)20-18(15)27-2;1-2/h8-10H,3-7H2,1-2H3,(H2,21,22,23,29);1-2H3. The fraction of sp³-hybridized carbons (Fsp3) is 0.429. The highest BCUT2D eigenvalue weighted by molar-refractivity contribution is 7.71. The summed E-state index contributed by atoms with van der Waals surface area (Å²) in [5, 5.41) is 5.54. The first-order chi connectivity index (χ1) is 15.1. The number of ether oxygens (including phenoxy) is 3. The van der Waals surface area contributed by atoms with Gasteiger partial charge in [-0.3, -0.25) is 15.0 Å². The lowest BCUT2D eigenvalue weighted by Crippen LogP contribution is -2.19. The molecule has 0 fully saturated rings. The fourth-order valence-electron chi connectivity index (χ4n) is 3.34. The molecule has 0 radical (unpaired) electrons. The van der Waals surface area contributed by atoms with Gasteiger partial charge >= 0.3 is 0 Å². The number of nitrogens with one attached hydrogen (secondary N) is 2. The van der Waals surface area contributed by atoms with Crippen molar-refractivity contribution in [1.82, 2.24) is 24.7 Å². The Balaban J connectivity index is 0.00000132. The van der Waals surface area contributed by atoms with Crippen LogP contribution in [0.2, 0.25) is 0 Å². The molecule has 0 bridgehead atoms. The van der Waals surface area contributed by atoms with Gasteiger partial charge in [-0.15, -0.1) is 0 Å². The molecule has 4 rings (SSSR count). The number of H-pyrrole nitrogens is 2. The second kappa shape index (κ2) is 10.4. The minimum Gasteiger partial charge on any atom is -0.488 e. The second-order valence-corrected chi connectivity index (χ2v) is 6.98. The molecule has 0 atom stereocenters. The van der Waals surface area contributed by atoms with Gasteiger partial charge in [0.2, 0.25) is 4.77 Å². The van der Waals surface area contributed by atoms with Crippen LogP contribution in [-0.2, 0) is 17.7 Å². The molecule has 0 unspecified atom stereocenters. The number of nitrogens with zero attached hydrogens (tertiary/aromatic N) is 3. The van der Waals surface area contributed by atoms with E-state index in [2.05, 4.69) is 20.2 Å². The highest BCUT2D eigenvalue weighted by atomic mass is 32.1. The quantitative estimate of drug-likeness (QED) is 0.424. The van der Waals surface area contributed by atoms with Crippen LogP contribution in [-0.4, -0.2) is 52.2 Å². The predicted molar refractivity (Wildman–Crippen MR) is 120 cm³/mol. The molecule has 3 aromatic heterocycles. The van der Waals surface area contributed by atoms with E-state index in [0.29, 0.717) is 47.5 Å². The van der Waals surface area contributed by atoms with Gasteiger partial charge in [-0.05, 0) is 30.3 Å². The Kier molecular flexibility index (Phi) is 7.59. The van der Waals surface area contributed by atoms with E-state index in [1.807, 2.05) is 24.5 Å². The van der Waals surface area contributed by atoms with Crippen LogP contribution in [0, 0.1) is 4.77 Å². The van der Waals surface area contributed by atoms with Gasteiger partial charge in [-0.25, -0.2) is 4.98 Å². The molecule has 0 amide bonds. The van der Waals surface area contributed by atoms with E-state index in [1.165, 1.54) is 0 Å². The Labute approximate surface area is 185 Å². The predicted octanol–water partition coefficient (Wildman–Crippen LogP) is 3.36. The lowest BCUT2D eigenvalue weighted by Gasteiger charge is -2.23. The molecule has 1 aliphatic rings. The van der Waals surface area contributed by atoms with Crippen molar-refractivity contribution in [3.05, 3.63) is 38.9 Å². The van der Waals surface area contributed by atoms with Crippen LogP contribution in [0.3, 0.4) is 0 Å². The molecular formula is C21H27N5O4S. The summed E-state index contributed by atoms with van der Waals surface area (Å²) in [6.07, 6.45) is 3.31. The molecule has 2 N–H and O–H groups in total. The average Bonchev–Trinajstić information content (AvgIpc) is 3.23. The van der Waals surface area contributed by atoms with Gasteiger partial charge in [0.05, 0.1) is 30.7 Å². The highest BCUT2D eigenvalue weighted by Gasteiger charge is 2.23. The molecule has 4 heterocycles. The Morgan fingerprint density at radius 3 is 2.65 bits per heavy atom.